The maximum atomic E-state index is 12.1. The number of benzene rings is 1. The first-order chi connectivity index (χ1) is 11.1. The second-order valence-electron chi connectivity index (χ2n) is 6.31. The molecule has 1 aliphatic rings. The highest BCUT2D eigenvalue weighted by atomic mass is 16.5. The Morgan fingerprint density at radius 2 is 2.17 bits per heavy atom. The van der Waals surface area contributed by atoms with Crippen LogP contribution in [0.15, 0.2) is 36.5 Å². The van der Waals surface area contributed by atoms with Gasteiger partial charge in [0.1, 0.15) is 0 Å². The van der Waals surface area contributed by atoms with Crippen LogP contribution in [-0.2, 0) is 4.74 Å². The van der Waals surface area contributed by atoms with Gasteiger partial charge in [-0.25, -0.2) is 9.48 Å². The van der Waals surface area contributed by atoms with E-state index >= 15 is 0 Å². The maximum absolute atomic E-state index is 12.1. The first kappa shape index (κ1) is 15.6. The van der Waals surface area contributed by atoms with Gasteiger partial charge in [-0.3, -0.25) is 0 Å². The molecule has 3 rings (SSSR count). The number of carbonyl (C=O) groups is 1. The molecule has 6 heteroatoms. The van der Waals surface area contributed by atoms with Crippen molar-refractivity contribution in [3.63, 3.8) is 0 Å². The molecule has 1 saturated heterocycles. The number of aromatic nitrogens is 2. The number of anilines is 1. The summed E-state index contributed by atoms with van der Waals surface area (Å²) in [6.07, 6.45) is 2.64. The molecule has 1 atom stereocenters. The highest BCUT2D eigenvalue weighted by Gasteiger charge is 2.30. The first-order valence-electron chi connectivity index (χ1n) is 7.80. The summed E-state index contributed by atoms with van der Waals surface area (Å²) < 4.78 is 7.20. The van der Waals surface area contributed by atoms with E-state index in [2.05, 4.69) is 22.7 Å². The molecular formula is C17H22N4O2. The van der Waals surface area contributed by atoms with Crippen LogP contribution in [0.3, 0.4) is 0 Å². The lowest BCUT2D eigenvalue weighted by Crippen LogP contribution is -2.38. The highest BCUT2D eigenvalue weighted by Crippen LogP contribution is 2.26. The molecule has 1 aromatic heterocycles. The molecule has 2 heterocycles. The first-order valence-corrected chi connectivity index (χ1v) is 7.80. The van der Waals surface area contributed by atoms with E-state index in [4.69, 9.17) is 4.74 Å². The predicted molar refractivity (Wildman–Crippen MR) is 88.9 cm³/mol. The zero-order chi connectivity index (χ0) is 16.3. The van der Waals surface area contributed by atoms with Crippen molar-refractivity contribution >= 4 is 11.7 Å². The van der Waals surface area contributed by atoms with Gasteiger partial charge < -0.3 is 15.4 Å². The lowest BCUT2D eigenvalue weighted by molar-refractivity contribution is 0.159. The average Bonchev–Trinajstić information content (AvgIpc) is 3.14. The van der Waals surface area contributed by atoms with Crippen LogP contribution in [0, 0.1) is 12.3 Å². The fourth-order valence-electron chi connectivity index (χ4n) is 2.67. The zero-order valence-electron chi connectivity index (χ0n) is 13.5. The predicted octanol–water partition coefficient (Wildman–Crippen LogP) is 2.73. The third-order valence-electron chi connectivity index (χ3n) is 4.23. The molecule has 1 aromatic carbocycles. The lowest BCUT2D eigenvalue weighted by Gasteiger charge is -2.21. The minimum atomic E-state index is -0.214. The fourth-order valence-corrected chi connectivity index (χ4v) is 2.67. The largest absolute Gasteiger partial charge is 0.381 e. The number of hydrogen-bond acceptors (Lipinski definition) is 3. The van der Waals surface area contributed by atoms with Crippen molar-refractivity contribution in [2.24, 2.45) is 5.41 Å². The summed E-state index contributed by atoms with van der Waals surface area (Å²) in [5.41, 5.74) is 2.59. The van der Waals surface area contributed by atoms with E-state index in [1.165, 1.54) is 0 Å². The van der Waals surface area contributed by atoms with Crippen LogP contribution in [-0.4, -0.2) is 35.6 Å². The molecule has 1 aliphatic heterocycles. The maximum Gasteiger partial charge on any atom is 0.319 e. The normalized spacial score (nSPS) is 20.4. The van der Waals surface area contributed by atoms with Gasteiger partial charge in [0.2, 0.25) is 0 Å². The second-order valence-corrected chi connectivity index (χ2v) is 6.31. The van der Waals surface area contributed by atoms with E-state index in [0.29, 0.717) is 18.8 Å². The Bertz CT molecular complexity index is 675. The summed E-state index contributed by atoms with van der Waals surface area (Å²) >= 11 is 0. The average molecular weight is 314 g/mol. The van der Waals surface area contributed by atoms with Gasteiger partial charge in [-0.1, -0.05) is 25.1 Å². The number of carbonyl (C=O) groups excluding carboxylic acids is 1. The molecule has 6 nitrogen and oxygen atoms in total. The topological polar surface area (TPSA) is 68.2 Å². The van der Waals surface area contributed by atoms with E-state index in [-0.39, 0.29) is 11.4 Å². The molecule has 0 aliphatic carbocycles. The Hall–Kier alpha value is -2.34. The minimum absolute atomic E-state index is 0.0284. The summed E-state index contributed by atoms with van der Waals surface area (Å²) in [5, 5.41) is 10.1. The van der Waals surface area contributed by atoms with Crippen molar-refractivity contribution in [2.45, 2.75) is 20.3 Å². The molecule has 2 amide bonds. The van der Waals surface area contributed by atoms with Crippen molar-refractivity contribution < 1.29 is 9.53 Å². The molecule has 0 saturated carbocycles. The Morgan fingerprint density at radius 3 is 2.87 bits per heavy atom. The second kappa shape index (κ2) is 6.42. The summed E-state index contributed by atoms with van der Waals surface area (Å²) in [4.78, 5) is 12.1. The van der Waals surface area contributed by atoms with E-state index in [9.17, 15) is 4.79 Å². The van der Waals surface area contributed by atoms with Gasteiger partial charge in [-0.05, 0) is 25.5 Å². The SMILES string of the molecule is Cc1c(NC(=O)NCC2(C)CCOC2)cnn1-c1ccccc1. The smallest absolute Gasteiger partial charge is 0.319 e. The van der Waals surface area contributed by atoms with Gasteiger partial charge in [0.25, 0.3) is 0 Å². The molecule has 0 radical (unpaired) electrons. The number of rotatable bonds is 4. The minimum Gasteiger partial charge on any atom is -0.381 e. The van der Waals surface area contributed by atoms with Gasteiger partial charge in [0.05, 0.1) is 29.9 Å². The standard InChI is InChI=1S/C17H22N4O2/c1-13-15(10-19-21(13)14-6-4-3-5-7-14)20-16(22)18-11-17(2)8-9-23-12-17/h3-7,10H,8-9,11-12H2,1-2H3,(H2,18,20,22). The van der Waals surface area contributed by atoms with Crippen molar-refractivity contribution in [3.8, 4) is 5.69 Å². The monoisotopic (exact) mass is 314 g/mol. The van der Waals surface area contributed by atoms with Crippen LogP contribution in [0.25, 0.3) is 5.69 Å². The van der Waals surface area contributed by atoms with Crippen LogP contribution in [0.5, 0.6) is 0 Å². The molecule has 1 fully saturated rings. The quantitative estimate of drug-likeness (QED) is 0.912. The Kier molecular flexibility index (Phi) is 4.34. The van der Waals surface area contributed by atoms with Gasteiger partial charge in [0.15, 0.2) is 0 Å². The number of ether oxygens (including phenoxy) is 1. The van der Waals surface area contributed by atoms with Gasteiger partial charge in [-0.15, -0.1) is 0 Å². The lowest BCUT2D eigenvalue weighted by atomic mass is 9.90. The third-order valence-corrected chi connectivity index (χ3v) is 4.23. The van der Waals surface area contributed by atoms with E-state index in [0.717, 1.165) is 24.4 Å². The number of urea groups is 1. The number of amides is 2. The molecular weight excluding hydrogens is 292 g/mol. The highest BCUT2D eigenvalue weighted by molar-refractivity contribution is 5.89. The van der Waals surface area contributed by atoms with E-state index in [1.54, 1.807) is 6.20 Å². The molecule has 2 aromatic rings. The van der Waals surface area contributed by atoms with Gasteiger partial charge >= 0.3 is 6.03 Å². The van der Waals surface area contributed by atoms with Crippen molar-refractivity contribution in [1.82, 2.24) is 15.1 Å². The summed E-state index contributed by atoms with van der Waals surface area (Å²) in [5.74, 6) is 0. The third kappa shape index (κ3) is 3.53. The van der Waals surface area contributed by atoms with Crippen molar-refractivity contribution in [2.75, 3.05) is 25.1 Å². The Labute approximate surface area is 135 Å². The number of hydrogen-bond donors (Lipinski definition) is 2. The number of nitrogens with one attached hydrogen (secondary N) is 2. The summed E-state index contributed by atoms with van der Waals surface area (Å²) in [6.45, 7) is 6.12. The van der Waals surface area contributed by atoms with E-state index < -0.39 is 0 Å². The van der Waals surface area contributed by atoms with E-state index in [1.807, 2.05) is 41.9 Å². The number of para-hydroxylation sites is 1. The van der Waals surface area contributed by atoms with Crippen molar-refractivity contribution in [1.29, 1.82) is 0 Å². The Balaban J connectivity index is 1.62. The van der Waals surface area contributed by atoms with Crippen LogP contribution < -0.4 is 10.6 Å². The zero-order valence-corrected chi connectivity index (χ0v) is 13.5. The van der Waals surface area contributed by atoms with Crippen LogP contribution in [0.4, 0.5) is 10.5 Å². The summed E-state index contributed by atoms with van der Waals surface area (Å²) in [7, 11) is 0. The molecule has 0 spiro atoms. The van der Waals surface area contributed by atoms with Crippen LogP contribution in [0.2, 0.25) is 0 Å². The number of nitrogens with zero attached hydrogens (tertiary/aromatic N) is 2. The molecule has 2 N–H and O–H groups in total. The Morgan fingerprint density at radius 1 is 1.39 bits per heavy atom. The molecule has 23 heavy (non-hydrogen) atoms. The molecule has 122 valence electrons. The summed E-state index contributed by atoms with van der Waals surface area (Å²) in [6, 6.07) is 9.62. The van der Waals surface area contributed by atoms with Crippen LogP contribution in [0.1, 0.15) is 19.0 Å². The molecule has 1 unspecified atom stereocenters. The molecule has 0 bridgehead atoms. The van der Waals surface area contributed by atoms with Gasteiger partial charge in [-0.2, -0.15) is 5.10 Å². The van der Waals surface area contributed by atoms with Crippen molar-refractivity contribution in [3.05, 3.63) is 42.2 Å². The fraction of sp³-hybridized carbons (Fsp3) is 0.412. The van der Waals surface area contributed by atoms with Crippen LogP contribution >= 0.6 is 0 Å². The van der Waals surface area contributed by atoms with Gasteiger partial charge in [0, 0.05) is 18.6 Å².